The first-order valence-electron chi connectivity index (χ1n) is 9.33. The third-order valence-electron chi connectivity index (χ3n) is 5.01. The van der Waals surface area contributed by atoms with Crippen LogP contribution in [0.4, 0.5) is 0 Å². The van der Waals surface area contributed by atoms with E-state index < -0.39 is 0 Å². The number of carbonyl (C=O) groups is 1. The van der Waals surface area contributed by atoms with Gasteiger partial charge in [0.05, 0.1) is 12.1 Å². The van der Waals surface area contributed by atoms with E-state index in [4.69, 9.17) is 11.2 Å². The van der Waals surface area contributed by atoms with Gasteiger partial charge in [-0.2, -0.15) is 0 Å². The lowest BCUT2D eigenvalue weighted by molar-refractivity contribution is 0.0973. The molecule has 0 saturated carbocycles. The van der Waals surface area contributed by atoms with Gasteiger partial charge in [0.2, 0.25) is 0 Å². The van der Waals surface area contributed by atoms with E-state index in [0.717, 1.165) is 16.9 Å². The number of para-hydroxylation sites is 1. The van der Waals surface area contributed by atoms with Gasteiger partial charge in [-0.15, -0.1) is 6.42 Å². The highest BCUT2D eigenvalue weighted by atomic mass is 16.5. The van der Waals surface area contributed by atoms with Gasteiger partial charge >= 0.3 is 0 Å². The number of hydrogen-bond donors (Lipinski definition) is 0. The van der Waals surface area contributed by atoms with Crippen molar-refractivity contribution in [3.05, 3.63) is 102 Å². The zero-order chi connectivity index (χ0) is 19.3. The minimum atomic E-state index is -0.210. The Balaban J connectivity index is 1.65. The van der Waals surface area contributed by atoms with Crippen LogP contribution in [0.2, 0.25) is 0 Å². The largest absolute Gasteiger partial charge is 0.481 e. The molecule has 0 N–H and O–H groups in total. The van der Waals surface area contributed by atoms with E-state index in [1.807, 2.05) is 72.8 Å². The molecular weight excluding hydrogens is 346 g/mol. The number of rotatable bonds is 7. The van der Waals surface area contributed by atoms with E-state index in [1.54, 1.807) is 0 Å². The second kappa shape index (κ2) is 8.12. The molecule has 3 atom stereocenters. The van der Waals surface area contributed by atoms with Crippen molar-refractivity contribution in [3.8, 4) is 18.1 Å². The van der Waals surface area contributed by atoms with Crippen molar-refractivity contribution in [1.82, 2.24) is 4.90 Å². The predicted octanol–water partition coefficient (Wildman–Crippen LogP) is 4.51. The van der Waals surface area contributed by atoms with Gasteiger partial charge in [-0.3, -0.25) is 9.69 Å². The summed E-state index contributed by atoms with van der Waals surface area (Å²) in [4.78, 5) is 15.4. The van der Waals surface area contributed by atoms with E-state index in [-0.39, 0.29) is 24.5 Å². The van der Waals surface area contributed by atoms with Crippen molar-refractivity contribution in [3.63, 3.8) is 0 Å². The molecule has 1 saturated heterocycles. The Labute approximate surface area is 165 Å². The summed E-state index contributed by atoms with van der Waals surface area (Å²) in [5.74, 6) is 3.39. The predicted molar refractivity (Wildman–Crippen MR) is 110 cm³/mol. The highest BCUT2D eigenvalue weighted by Gasteiger charge is 2.53. The topological polar surface area (TPSA) is 29.3 Å². The van der Waals surface area contributed by atoms with Gasteiger partial charge in [0.25, 0.3) is 0 Å². The smallest absolute Gasteiger partial charge is 0.181 e. The zero-order valence-electron chi connectivity index (χ0n) is 15.5. The first-order chi connectivity index (χ1) is 13.8. The molecular formula is C25H21NO2. The molecule has 3 aromatic rings. The summed E-state index contributed by atoms with van der Waals surface area (Å²) in [6, 6.07) is 27.3. The summed E-state index contributed by atoms with van der Waals surface area (Å²) in [6.07, 6.45) is 5.36. The molecule has 1 heterocycles. The summed E-state index contributed by atoms with van der Waals surface area (Å²) in [5, 5.41) is 0. The van der Waals surface area contributed by atoms with Gasteiger partial charge in [-0.25, -0.2) is 0 Å². The van der Waals surface area contributed by atoms with Crippen molar-refractivity contribution >= 4 is 5.78 Å². The molecule has 0 bridgehead atoms. The molecule has 4 rings (SSSR count). The minimum absolute atomic E-state index is 0.0260. The quantitative estimate of drug-likeness (QED) is 0.350. The van der Waals surface area contributed by atoms with Gasteiger partial charge in [-0.1, -0.05) is 84.8 Å². The fourth-order valence-electron chi connectivity index (χ4n) is 3.66. The average Bonchev–Trinajstić information content (AvgIpc) is 3.46. The van der Waals surface area contributed by atoms with Crippen LogP contribution in [0.3, 0.4) is 0 Å². The number of nitrogens with zero attached hydrogens (tertiary/aromatic N) is 1. The van der Waals surface area contributed by atoms with Crippen LogP contribution in [0, 0.1) is 12.3 Å². The SMILES string of the molecule is C#CCOc1ccccc1[C@@H]1[C@@H](C(=O)c2ccccc2)N1Cc1ccccc1. The summed E-state index contributed by atoms with van der Waals surface area (Å²) < 4.78 is 5.75. The fraction of sp³-hybridized carbons (Fsp3) is 0.160. The zero-order valence-corrected chi connectivity index (χ0v) is 15.5. The third-order valence-corrected chi connectivity index (χ3v) is 5.01. The van der Waals surface area contributed by atoms with Crippen LogP contribution in [0.15, 0.2) is 84.9 Å². The highest BCUT2D eigenvalue weighted by Crippen LogP contribution is 2.48. The van der Waals surface area contributed by atoms with Crippen molar-refractivity contribution < 1.29 is 9.53 Å². The Bertz CT molecular complexity index is 992. The van der Waals surface area contributed by atoms with Gasteiger partial charge in [0.15, 0.2) is 5.78 Å². The molecule has 138 valence electrons. The van der Waals surface area contributed by atoms with Gasteiger partial charge in [0, 0.05) is 17.7 Å². The Kier molecular flexibility index (Phi) is 5.23. The number of benzene rings is 3. The lowest BCUT2D eigenvalue weighted by Gasteiger charge is -2.09. The van der Waals surface area contributed by atoms with Crippen molar-refractivity contribution in [2.45, 2.75) is 18.6 Å². The Morgan fingerprint density at radius 3 is 2.29 bits per heavy atom. The molecule has 0 amide bonds. The van der Waals surface area contributed by atoms with Crippen LogP contribution in [-0.2, 0) is 6.54 Å². The maximum absolute atomic E-state index is 13.2. The molecule has 28 heavy (non-hydrogen) atoms. The molecule has 1 aliphatic heterocycles. The number of terminal acetylenes is 1. The monoisotopic (exact) mass is 367 g/mol. The van der Waals surface area contributed by atoms with E-state index in [9.17, 15) is 4.79 Å². The van der Waals surface area contributed by atoms with E-state index >= 15 is 0 Å². The summed E-state index contributed by atoms with van der Waals surface area (Å²) in [6.45, 7) is 0.915. The number of ketones is 1. The van der Waals surface area contributed by atoms with Gasteiger partial charge in [0.1, 0.15) is 12.4 Å². The lowest BCUT2D eigenvalue weighted by Crippen LogP contribution is -2.13. The Morgan fingerprint density at radius 1 is 0.929 bits per heavy atom. The summed E-state index contributed by atoms with van der Waals surface area (Å²) in [5.41, 5.74) is 2.91. The Morgan fingerprint density at radius 2 is 1.57 bits per heavy atom. The molecule has 0 spiro atoms. The minimum Gasteiger partial charge on any atom is -0.481 e. The fourth-order valence-corrected chi connectivity index (χ4v) is 3.66. The number of hydrogen-bond acceptors (Lipinski definition) is 3. The van der Waals surface area contributed by atoms with E-state index in [2.05, 4.69) is 23.0 Å². The standard InChI is InChI=1S/C25H21NO2/c1-2-17-28-22-16-10-9-15-21(22)23-24(25(27)20-13-7-4-8-14-20)26(23)18-19-11-5-3-6-12-19/h1,3-16,23-24H,17-18H2/t23-,24+,26?/m1/s1. The molecule has 1 aliphatic rings. The van der Waals surface area contributed by atoms with Crippen LogP contribution in [0.5, 0.6) is 5.75 Å². The first-order valence-corrected chi connectivity index (χ1v) is 9.33. The van der Waals surface area contributed by atoms with E-state index in [0.29, 0.717) is 6.54 Å². The van der Waals surface area contributed by atoms with Crippen LogP contribution in [0.1, 0.15) is 27.5 Å². The van der Waals surface area contributed by atoms with Crippen LogP contribution < -0.4 is 4.74 Å². The molecule has 1 unspecified atom stereocenters. The third kappa shape index (κ3) is 3.69. The van der Waals surface area contributed by atoms with Crippen molar-refractivity contribution in [2.75, 3.05) is 6.61 Å². The first kappa shape index (κ1) is 18.0. The van der Waals surface area contributed by atoms with Crippen LogP contribution >= 0.6 is 0 Å². The summed E-state index contributed by atoms with van der Waals surface area (Å²) in [7, 11) is 0. The molecule has 0 radical (unpaired) electrons. The normalized spacial score (nSPS) is 20.2. The maximum Gasteiger partial charge on any atom is 0.181 e. The van der Waals surface area contributed by atoms with Crippen LogP contribution in [-0.4, -0.2) is 23.3 Å². The molecule has 3 aromatic carbocycles. The molecule has 0 aromatic heterocycles. The molecule has 3 heteroatoms. The number of ether oxygens (including phenoxy) is 1. The maximum atomic E-state index is 13.2. The van der Waals surface area contributed by atoms with Gasteiger partial charge in [-0.05, 0) is 11.6 Å². The van der Waals surface area contributed by atoms with Crippen molar-refractivity contribution in [1.29, 1.82) is 0 Å². The second-order valence-corrected chi connectivity index (χ2v) is 6.81. The second-order valence-electron chi connectivity index (χ2n) is 6.81. The van der Waals surface area contributed by atoms with Crippen molar-refractivity contribution in [2.24, 2.45) is 0 Å². The highest BCUT2D eigenvalue weighted by molar-refractivity contribution is 6.02. The average molecular weight is 367 g/mol. The summed E-state index contributed by atoms with van der Waals surface area (Å²) >= 11 is 0. The van der Waals surface area contributed by atoms with Crippen LogP contribution in [0.25, 0.3) is 0 Å². The lowest BCUT2D eigenvalue weighted by atomic mass is 10.0. The Hall–Kier alpha value is -3.35. The molecule has 0 aliphatic carbocycles. The van der Waals surface area contributed by atoms with Gasteiger partial charge < -0.3 is 4.74 Å². The van der Waals surface area contributed by atoms with E-state index in [1.165, 1.54) is 5.56 Å². The number of Topliss-reactive ketones (excluding diaryl/α,β-unsaturated/α-hetero) is 1. The number of carbonyl (C=O) groups excluding carboxylic acids is 1. The molecule has 1 fully saturated rings. The molecule has 3 nitrogen and oxygen atoms in total.